The molecule has 4 aromatic carbocycles. The standard InChI is InChI=1S/C35H34N4O4S/c1-23-31(21-44-35-37-22-38-39-35)42-34(43-32(23)26-13-11-24(20-40)12-14-26)28-17-15-25(16-18-28)30-10-6-5-9-29(30)19-36-33(41)27-7-3-2-4-8-27/h2-18,22-23,31-32,34,40H,19-21H2,1H3,(H,36,41)(H,37,38,39)/t23-,31+,32+,34+/m1/s1. The molecule has 9 heteroatoms. The Balaban J connectivity index is 1.21. The molecule has 0 unspecified atom stereocenters. The van der Waals surface area contributed by atoms with Gasteiger partial charge in [-0.15, -0.1) is 0 Å². The second-order valence-electron chi connectivity index (χ2n) is 10.8. The second kappa shape index (κ2) is 14.0. The lowest BCUT2D eigenvalue weighted by Crippen LogP contribution is -2.38. The predicted molar refractivity (Wildman–Crippen MR) is 170 cm³/mol. The molecule has 44 heavy (non-hydrogen) atoms. The quantitative estimate of drug-likeness (QED) is 0.156. The lowest BCUT2D eigenvalue weighted by molar-refractivity contribution is -0.268. The first-order chi connectivity index (χ1) is 21.6. The van der Waals surface area contributed by atoms with Gasteiger partial charge in [0.2, 0.25) is 0 Å². The minimum absolute atomic E-state index is 0.00157. The summed E-state index contributed by atoms with van der Waals surface area (Å²) in [4.78, 5) is 16.9. The number of aliphatic hydroxyl groups excluding tert-OH is 1. The number of aliphatic hydroxyl groups is 1. The van der Waals surface area contributed by atoms with E-state index >= 15 is 0 Å². The van der Waals surface area contributed by atoms with Crippen molar-refractivity contribution < 1.29 is 19.4 Å². The summed E-state index contributed by atoms with van der Waals surface area (Å²) in [6.45, 7) is 2.56. The lowest BCUT2D eigenvalue weighted by Gasteiger charge is -2.41. The largest absolute Gasteiger partial charge is 0.392 e. The van der Waals surface area contributed by atoms with Gasteiger partial charge in [-0.1, -0.05) is 110 Å². The zero-order chi connectivity index (χ0) is 30.3. The smallest absolute Gasteiger partial charge is 0.251 e. The first-order valence-electron chi connectivity index (χ1n) is 14.6. The first-order valence-corrected chi connectivity index (χ1v) is 15.6. The molecule has 1 fully saturated rings. The van der Waals surface area contributed by atoms with Crippen LogP contribution in [-0.2, 0) is 22.6 Å². The van der Waals surface area contributed by atoms with Gasteiger partial charge in [-0.25, -0.2) is 4.98 Å². The maximum atomic E-state index is 12.6. The Morgan fingerprint density at radius 1 is 0.909 bits per heavy atom. The fourth-order valence-corrected chi connectivity index (χ4v) is 6.32. The highest BCUT2D eigenvalue weighted by Gasteiger charge is 2.38. The molecule has 1 saturated heterocycles. The third-order valence-electron chi connectivity index (χ3n) is 7.89. The number of nitrogens with zero attached hydrogens (tertiary/aromatic N) is 2. The van der Waals surface area contributed by atoms with E-state index in [2.05, 4.69) is 45.6 Å². The number of benzene rings is 4. The van der Waals surface area contributed by atoms with Crippen LogP contribution >= 0.6 is 11.8 Å². The highest BCUT2D eigenvalue weighted by atomic mass is 32.2. The number of thioether (sulfide) groups is 1. The molecule has 6 rings (SSSR count). The summed E-state index contributed by atoms with van der Waals surface area (Å²) in [5, 5.41) is 20.2. The van der Waals surface area contributed by atoms with Crippen molar-refractivity contribution in [1.29, 1.82) is 0 Å². The van der Waals surface area contributed by atoms with Crippen LogP contribution in [0, 0.1) is 5.92 Å². The molecule has 2 heterocycles. The fourth-order valence-electron chi connectivity index (χ4n) is 5.38. The van der Waals surface area contributed by atoms with Gasteiger partial charge in [-0.05, 0) is 39.9 Å². The zero-order valence-electron chi connectivity index (χ0n) is 24.3. The highest BCUT2D eigenvalue weighted by molar-refractivity contribution is 7.99. The van der Waals surface area contributed by atoms with Gasteiger partial charge < -0.3 is 19.9 Å². The van der Waals surface area contributed by atoms with E-state index in [1.165, 1.54) is 6.33 Å². The Hall–Kier alpha value is -4.28. The number of rotatable bonds is 10. The van der Waals surface area contributed by atoms with Crippen LogP contribution in [0.25, 0.3) is 11.1 Å². The van der Waals surface area contributed by atoms with Crippen LogP contribution in [0.4, 0.5) is 0 Å². The number of hydrogen-bond acceptors (Lipinski definition) is 7. The van der Waals surface area contributed by atoms with Crippen molar-refractivity contribution in [3.8, 4) is 11.1 Å². The van der Waals surface area contributed by atoms with E-state index in [0.29, 0.717) is 17.9 Å². The molecule has 0 bridgehead atoms. The lowest BCUT2D eigenvalue weighted by atomic mass is 9.91. The summed E-state index contributed by atoms with van der Waals surface area (Å²) in [6, 6.07) is 33.5. The van der Waals surface area contributed by atoms with Crippen molar-refractivity contribution in [3.05, 3.63) is 137 Å². The molecule has 1 amide bonds. The van der Waals surface area contributed by atoms with E-state index in [1.807, 2.05) is 84.9 Å². The average molecular weight is 607 g/mol. The van der Waals surface area contributed by atoms with Crippen molar-refractivity contribution in [1.82, 2.24) is 20.5 Å². The fraction of sp³-hybridized carbons (Fsp3) is 0.229. The molecule has 3 N–H and O–H groups in total. The molecule has 1 aromatic heterocycles. The number of carbonyl (C=O) groups excluding carboxylic acids is 1. The molecule has 0 radical (unpaired) electrons. The summed E-state index contributed by atoms with van der Waals surface area (Å²) >= 11 is 1.57. The number of hydrogen-bond donors (Lipinski definition) is 3. The molecular formula is C35H34N4O4S. The van der Waals surface area contributed by atoms with Crippen LogP contribution in [-0.4, -0.2) is 38.1 Å². The number of aromatic nitrogens is 3. The van der Waals surface area contributed by atoms with Crippen LogP contribution in [0.1, 0.15) is 51.9 Å². The number of amides is 1. The normalized spacial score (nSPS) is 19.9. The van der Waals surface area contributed by atoms with Gasteiger partial charge in [0.25, 0.3) is 5.91 Å². The predicted octanol–water partition coefficient (Wildman–Crippen LogP) is 6.48. The van der Waals surface area contributed by atoms with Crippen molar-refractivity contribution >= 4 is 17.7 Å². The van der Waals surface area contributed by atoms with Crippen LogP contribution in [0.15, 0.2) is 115 Å². The van der Waals surface area contributed by atoms with Crippen LogP contribution in [0.3, 0.4) is 0 Å². The van der Waals surface area contributed by atoms with Crippen molar-refractivity contribution in [3.63, 3.8) is 0 Å². The maximum Gasteiger partial charge on any atom is 0.251 e. The summed E-state index contributed by atoms with van der Waals surface area (Å²) in [5.74, 6) is 0.647. The van der Waals surface area contributed by atoms with Gasteiger partial charge >= 0.3 is 0 Å². The summed E-state index contributed by atoms with van der Waals surface area (Å²) in [6.07, 6.45) is 0.626. The average Bonchev–Trinajstić information content (AvgIpc) is 3.61. The van der Waals surface area contributed by atoms with Crippen LogP contribution < -0.4 is 5.32 Å². The molecule has 1 aliphatic rings. The Kier molecular flexibility index (Phi) is 9.48. The monoisotopic (exact) mass is 606 g/mol. The van der Waals surface area contributed by atoms with E-state index in [1.54, 1.807) is 11.8 Å². The Morgan fingerprint density at radius 2 is 1.64 bits per heavy atom. The van der Waals surface area contributed by atoms with E-state index in [9.17, 15) is 9.90 Å². The Morgan fingerprint density at radius 3 is 2.36 bits per heavy atom. The van der Waals surface area contributed by atoms with E-state index in [0.717, 1.165) is 38.5 Å². The van der Waals surface area contributed by atoms with E-state index in [-0.39, 0.29) is 30.6 Å². The summed E-state index contributed by atoms with van der Waals surface area (Å²) < 4.78 is 13.2. The van der Waals surface area contributed by atoms with Crippen molar-refractivity contribution in [2.75, 3.05) is 5.75 Å². The molecule has 0 spiro atoms. The molecule has 4 atom stereocenters. The van der Waals surface area contributed by atoms with Gasteiger partial charge in [-0.2, -0.15) is 5.10 Å². The molecule has 0 aliphatic carbocycles. The van der Waals surface area contributed by atoms with E-state index in [4.69, 9.17) is 9.47 Å². The summed E-state index contributed by atoms with van der Waals surface area (Å²) in [5.41, 5.74) is 6.57. The van der Waals surface area contributed by atoms with Gasteiger partial charge in [-0.3, -0.25) is 9.89 Å². The van der Waals surface area contributed by atoms with Gasteiger partial charge in [0.1, 0.15) is 6.33 Å². The van der Waals surface area contributed by atoms with Crippen molar-refractivity contribution in [2.24, 2.45) is 5.92 Å². The zero-order valence-corrected chi connectivity index (χ0v) is 25.1. The molecule has 224 valence electrons. The molecule has 5 aromatic rings. The number of aromatic amines is 1. The summed E-state index contributed by atoms with van der Waals surface area (Å²) in [7, 11) is 0. The number of nitrogens with one attached hydrogen (secondary N) is 2. The van der Waals surface area contributed by atoms with Crippen LogP contribution in [0.5, 0.6) is 0 Å². The Labute approximate surface area is 260 Å². The SMILES string of the molecule is C[C@@H]1[C@H](CSc2ncn[nH]2)O[C@H](c2ccc(-c3ccccc3CNC(=O)c3ccccc3)cc2)O[C@@H]1c1ccc(CO)cc1. The molecule has 8 nitrogen and oxygen atoms in total. The Bertz CT molecular complexity index is 1650. The van der Waals surface area contributed by atoms with Crippen molar-refractivity contribution in [2.45, 2.75) is 43.7 Å². The maximum absolute atomic E-state index is 12.6. The molecule has 0 saturated carbocycles. The van der Waals surface area contributed by atoms with Gasteiger partial charge in [0.15, 0.2) is 11.4 Å². The third-order valence-corrected chi connectivity index (χ3v) is 8.85. The number of ether oxygens (including phenoxy) is 2. The number of H-pyrrole nitrogens is 1. The minimum Gasteiger partial charge on any atom is -0.392 e. The highest BCUT2D eigenvalue weighted by Crippen LogP contribution is 2.43. The topological polar surface area (TPSA) is 109 Å². The van der Waals surface area contributed by atoms with Gasteiger partial charge in [0, 0.05) is 29.3 Å². The minimum atomic E-state index is -0.566. The van der Waals surface area contributed by atoms with Gasteiger partial charge in [0.05, 0.1) is 18.8 Å². The molecule has 1 aliphatic heterocycles. The molecular weight excluding hydrogens is 572 g/mol. The third kappa shape index (κ3) is 6.92. The van der Waals surface area contributed by atoms with E-state index < -0.39 is 6.29 Å². The van der Waals surface area contributed by atoms with Crippen LogP contribution in [0.2, 0.25) is 0 Å². The number of carbonyl (C=O) groups is 1. The second-order valence-corrected chi connectivity index (χ2v) is 11.8. The first kappa shape index (κ1) is 29.8.